The van der Waals surface area contributed by atoms with Gasteiger partial charge in [-0.15, -0.1) is 23.1 Å². The molecule has 0 bridgehead atoms. The van der Waals surface area contributed by atoms with Crippen LogP contribution in [0.3, 0.4) is 0 Å². The van der Waals surface area contributed by atoms with Crippen LogP contribution in [-0.4, -0.2) is 39.4 Å². The van der Waals surface area contributed by atoms with E-state index in [1.165, 1.54) is 11.3 Å². The summed E-state index contributed by atoms with van der Waals surface area (Å²) in [4.78, 5) is 31.4. The Hall–Kier alpha value is -1.86. The van der Waals surface area contributed by atoms with Gasteiger partial charge in [0.1, 0.15) is 10.9 Å². The molecule has 1 aromatic heterocycles. The van der Waals surface area contributed by atoms with Crippen molar-refractivity contribution in [2.75, 3.05) is 16.9 Å². The first-order valence-corrected chi connectivity index (χ1v) is 9.20. The molecule has 0 radical (unpaired) electrons. The van der Waals surface area contributed by atoms with Crippen molar-refractivity contribution >= 4 is 40.6 Å². The van der Waals surface area contributed by atoms with E-state index in [0.717, 1.165) is 16.3 Å². The maximum absolute atomic E-state index is 12.6. The van der Waals surface area contributed by atoms with Gasteiger partial charge >= 0.3 is 0 Å². The third kappa shape index (κ3) is 3.56. The van der Waals surface area contributed by atoms with Gasteiger partial charge in [0.05, 0.1) is 17.1 Å². The number of hydrogen-bond acceptors (Lipinski definition) is 5. The van der Waals surface area contributed by atoms with E-state index in [4.69, 9.17) is 0 Å². The summed E-state index contributed by atoms with van der Waals surface area (Å²) in [7, 11) is 0. The van der Waals surface area contributed by atoms with Gasteiger partial charge in [0, 0.05) is 11.4 Å². The molecule has 1 aromatic carbocycles. The summed E-state index contributed by atoms with van der Waals surface area (Å²) in [6.45, 7) is 3.86. The molecule has 1 N–H and O–H groups in total. The predicted molar refractivity (Wildman–Crippen MR) is 93.9 cm³/mol. The van der Waals surface area contributed by atoms with Gasteiger partial charge in [-0.05, 0) is 26.0 Å². The molecule has 1 aliphatic heterocycles. The van der Waals surface area contributed by atoms with Crippen LogP contribution < -0.4 is 5.32 Å². The number of benzene rings is 1. The fourth-order valence-electron chi connectivity index (χ4n) is 2.32. The van der Waals surface area contributed by atoms with E-state index in [9.17, 15) is 9.59 Å². The average Bonchev–Trinajstić information content (AvgIpc) is 3.17. The van der Waals surface area contributed by atoms with E-state index in [1.807, 2.05) is 38.1 Å². The van der Waals surface area contributed by atoms with Crippen molar-refractivity contribution in [2.45, 2.75) is 19.9 Å². The highest BCUT2D eigenvalue weighted by Crippen LogP contribution is 2.26. The van der Waals surface area contributed by atoms with Crippen LogP contribution >= 0.6 is 23.1 Å². The molecule has 1 fully saturated rings. The molecule has 0 aliphatic carbocycles. The molecule has 120 valence electrons. The number of nitrogens with zero attached hydrogens (tertiary/aromatic N) is 2. The van der Waals surface area contributed by atoms with E-state index in [1.54, 1.807) is 22.9 Å². The number of nitrogens with one attached hydrogen (secondary N) is 1. The van der Waals surface area contributed by atoms with Crippen LogP contribution in [0.25, 0.3) is 0 Å². The third-order valence-electron chi connectivity index (χ3n) is 3.60. The monoisotopic (exact) mass is 347 g/mol. The lowest BCUT2D eigenvalue weighted by Gasteiger charge is -2.22. The molecular formula is C16H17N3O2S2. The highest BCUT2D eigenvalue weighted by molar-refractivity contribution is 7.99. The first-order valence-electron chi connectivity index (χ1n) is 7.23. The van der Waals surface area contributed by atoms with E-state index in [0.29, 0.717) is 16.5 Å². The number of carbonyl (C=O) groups is 2. The molecule has 0 unspecified atom stereocenters. The van der Waals surface area contributed by atoms with Crippen LogP contribution in [0.15, 0.2) is 30.5 Å². The summed E-state index contributed by atoms with van der Waals surface area (Å²) >= 11 is 2.95. The Balaban J connectivity index is 1.71. The minimum absolute atomic E-state index is 0.121. The normalized spacial score (nSPS) is 17.3. The number of aromatic nitrogens is 1. The lowest BCUT2D eigenvalue weighted by atomic mass is 10.2. The Morgan fingerprint density at radius 3 is 2.65 bits per heavy atom. The second-order valence-corrected chi connectivity index (χ2v) is 7.62. The Kier molecular flexibility index (Phi) is 4.68. The van der Waals surface area contributed by atoms with Crippen LogP contribution in [0.5, 0.6) is 0 Å². The van der Waals surface area contributed by atoms with Crippen molar-refractivity contribution in [3.05, 3.63) is 45.9 Å². The molecule has 23 heavy (non-hydrogen) atoms. The molecule has 5 nitrogen and oxygen atoms in total. The number of thiazole rings is 1. The molecule has 1 saturated heterocycles. The fraction of sp³-hybridized carbons (Fsp3) is 0.312. The van der Waals surface area contributed by atoms with Crippen LogP contribution in [0, 0.1) is 13.8 Å². The summed E-state index contributed by atoms with van der Waals surface area (Å²) in [5, 5.41) is 3.74. The Bertz CT molecular complexity index is 727. The minimum atomic E-state index is -0.448. The van der Waals surface area contributed by atoms with Gasteiger partial charge < -0.3 is 10.2 Å². The van der Waals surface area contributed by atoms with Crippen LogP contribution in [-0.2, 0) is 4.79 Å². The summed E-state index contributed by atoms with van der Waals surface area (Å²) in [5.74, 6) is 0.876. The van der Waals surface area contributed by atoms with Crippen molar-refractivity contribution in [3.63, 3.8) is 0 Å². The second-order valence-electron chi connectivity index (χ2n) is 5.39. The second kappa shape index (κ2) is 6.72. The van der Waals surface area contributed by atoms with Gasteiger partial charge in [-0.2, -0.15) is 0 Å². The lowest BCUT2D eigenvalue weighted by Crippen LogP contribution is -2.44. The van der Waals surface area contributed by atoms with E-state index in [2.05, 4.69) is 10.3 Å². The zero-order chi connectivity index (χ0) is 16.4. The SMILES string of the molecule is Cc1ccc(NC(=O)[C@@H]2CSCN2C(=O)c2cnc(C)s2)cc1. The van der Waals surface area contributed by atoms with Crippen LogP contribution in [0.4, 0.5) is 5.69 Å². The highest BCUT2D eigenvalue weighted by Gasteiger charge is 2.35. The summed E-state index contributed by atoms with van der Waals surface area (Å²) in [6, 6.07) is 7.18. The molecule has 7 heteroatoms. The zero-order valence-corrected chi connectivity index (χ0v) is 14.5. The van der Waals surface area contributed by atoms with Crippen molar-refractivity contribution < 1.29 is 9.59 Å². The molecule has 0 saturated carbocycles. The summed E-state index contributed by atoms with van der Waals surface area (Å²) in [5.41, 5.74) is 1.88. The van der Waals surface area contributed by atoms with Crippen molar-refractivity contribution in [1.82, 2.24) is 9.88 Å². The maximum Gasteiger partial charge on any atom is 0.266 e. The van der Waals surface area contributed by atoms with Crippen molar-refractivity contribution in [2.24, 2.45) is 0 Å². The Morgan fingerprint density at radius 2 is 2.00 bits per heavy atom. The van der Waals surface area contributed by atoms with Crippen LogP contribution in [0.2, 0.25) is 0 Å². The number of hydrogen-bond donors (Lipinski definition) is 1. The van der Waals surface area contributed by atoms with Gasteiger partial charge in [-0.1, -0.05) is 17.7 Å². The molecule has 3 rings (SSSR count). The van der Waals surface area contributed by atoms with E-state index < -0.39 is 6.04 Å². The van der Waals surface area contributed by atoms with Crippen molar-refractivity contribution in [3.8, 4) is 0 Å². The smallest absolute Gasteiger partial charge is 0.266 e. The van der Waals surface area contributed by atoms with Gasteiger partial charge in [-0.3, -0.25) is 9.59 Å². The van der Waals surface area contributed by atoms with Gasteiger partial charge in [-0.25, -0.2) is 4.98 Å². The topological polar surface area (TPSA) is 62.3 Å². The average molecular weight is 347 g/mol. The maximum atomic E-state index is 12.6. The summed E-state index contributed by atoms with van der Waals surface area (Å²) < 4.78 is 0. The standard InChI is InChI=1S/C16H17N3O2S2/c1-10-3-5-12(6-4-10)18-15(20)13-8-22-9-19(13)16(21)14-7-17-11(2)23-14/h3-7,13H,8-9H2,1-2H3,(H,18,20)/t13-/m0/s1. The number of rotatable bonds is 3. The molecule has 1 atom stereocenters. The molecule has 2 heterocycles. The minimum Gasteiger partial charge on any atom is -0.324 e. The number of carbonyl (C=O) groups excluding carboxylic acids is 2. The zero-order valence-electron chi connectivity index (χ0n) is 12.9. The van der Waals surface area contributed by atoms with Crippen LogP contribution in [0.1, 0.15) is 20.2 Å². The number of aryl methyl sites for hydroxylation is 2. The first-order chi connectivity index (χ1) is 11.0. The lowest BCUT2D eigenvalue weighted by molar-refractivity contribution is -0.119. The Labute approximate surface area is 143 Å². The first kappa shape index (κ1) is 16.0. The fourth-order valence-corrected chi connectivity index (χ4v) is 4.21. The van der Waals surface area contributed by atoms with Gasteiger partial charge in [0.2, 0.25) is 5.91 Å². The van der Waals surface area contributed by atoms with E-state index >= 15 is 0 Å². The van der Waals surface area contributed by atoms with Gasteiger partial charge in [0.15, 0.2) is 0 Å². The highest BCUT2D eigenvalue weighted by atomic mass is 32.2. The molecule has 2 amide bonds. The quantitative estimate of drug-likeness (QED) is 0.927. The van der Waals surface area contributed by atoms with E-state index in [-0.39, 0.29) is 11.8 Å². The molecule has 0 spiro atoms. The molecular weight excluding hydrogens is 330 g/mol. The third-order valence-corrected chi connectivity index (χ3v) is 5.51. The number of anilines is 1. The largest absolute Gasteiger partial charge is 0.324 e. The number of thioether (sulfide) groups is 1. The summed E-state index contributed by atoms with van der Waals surface area (Å²) in [6.07, 6.45) is 1.58. The van der Waals surface area contributed by atoms with Crippen molar-refractivity contribution in [1.29, 1.82) is 0 Å². The van der Waals surface area contributed by atoms with Gasteiger partial charge in [0.25, 0.3) is 5.91 Å². The Morgan fingerprint density at radius 1 is 1.26 bits per heavy atom. The molecule has 2 aromatic rings. The predicted octanol–water partition coefficient (Wildman–Crippen LogP) is 2.91. The molecule has 1 aliphatic rings. The number of amides is 2.